The second-order valence-electron chi connectivity index (χ2n) is 22.0. The summed E-state index contributed by atoms with van der Waals surface area (Å²) in [5.41, 5.74) is 35.0. The molecule has 13 amide bonds. The summed E-state index contributed by atoms with van der Waals surface area (Å²) in [7, 11) is 0. The van der Waals surface area contributed by atoms with Crippen LogP contribution in [-0.2, 0) is 59.2 Å². The van der Waals surface area contributed by atoms with Gasteiger partial charge in [-0.15, -0.1) is 0 Å². The van der Waals surface area contributed by atoms with Crippen molar-refractivity contribution >= 4 is 71.0 Å². The molecule has 32 heteroatoms. The molecular formula is C57H101N17O15. The third-order valence-corrected chi connectivity index (χ3v) is 13.7. The van der Waals surface area contributed by atoms with Crippen LogP contribution in [0.4, 0.5) is 4.79 Å². The van der Waals surface area contributed by atoms with Gasteiger partial charge in [0.05, 0.1) is 25.2 Å². The highest BCUT2D eigenvalue weighted by Gasteiger charge is 2.37. The molecule has 1 aromatic carbocycles. The molecule has 0 aliphatic heterocycles. The van der Waals surface area contributed by atoms with E-state index in [1.807, 2.05) is 6.92 Å². The number of hydrogen-bond donors (Lipinski definition) is 19. The molecule has 0 spiro atoms. The summed E-state index contributed by atoms with van der Waals surface area (Å²) in [6.45, 7) is 6.07. The minimum absolute atomic E-state index is 0.0125. The van der Waals surface area contributed by atoms with Gasteiger partial charge in [-0.1, -0.05) is 76.8 Å². The van der Waals surface area contributed by atoms with Gasteiger partial charge in [-0.25, -0.2) is 4.79 Å². The van der Waals surface area contributed by atoms with Crippen LogP contribution in [0.15, 0.2) is 30.3 Å². The number of aliphatic hydroxyl groups is 3. The van der Waals surface area contributed by atoms with Crippen molar-refractivity contribution in [2.45, 2.75) is 191 Å². The number of nitrogens with one attached hydrogen (secondary N) is 10. The van der Waals surface area contributed by atoms with Crippen molar-refractivity contribution in [3.05, 3.63) is 35.9 Å². The lowest BCUT2D eigenvalue weighted by atomic mass is 10.00. The molecule has 0 heterocycles. The third-order valence-electron chi connectivity index (χ3n) is 13.7. The number of aliphatic hydroxyl groups excluding tert-OH is 3. The number of unbranched alkanes of at least 4 members (excludes halogenated alkanes) is 3. The Bertz CT molecular complexity index is 2410. The van der Waals surface area contributed by atoms with Crippen molar-refractivity contribution in [1.82, 2.24) is 58.1 Å². The molecule has 89 heavy (non-hydrogen) atoms. The van der Waals surface area contributed by atoms with Crippen LogP contribution in [0.5, 0.6) is 0 Å². The van der Waals surface area contributed by atoms with Crippen LogP contribution in [0.1, 0.15) is 124 Å². The number of carbonyl (C=O) groups excluding carboxylic acids is 12. The molecule has 0 aromatic heterocycles. The Morgan fingerprint density at radius 1 is 0.506 bits per heavy atom. The van der Waals surface area contributed by atoms with E-state index in [4.69, 9.17) is 34.4 Å². The Morgan fingerprint density at radius 2 is 0.966 bits per heavy atom. The number of nitrogens with zero attached hydrogens (tertiary/aromatic N) is 1. The molecule has 1 unspecified atom stereocenters. The molecule has 504 valence electrons. The highest BCUT2D eigenvalue weighted by molar-refractivity contribution is 6.01. The normalized spacial score (nSPS) is 14.9. The highest BCUT2D eigenvalue weighted by Crippen LogP contribution is 2.13. The van der Waals surface area contributed by atoms with Gasteiger partial charge in [0.1, 0.15) is 54.4 Å². The van der Waals surface area contributed by atoms with Gasteiger partial charge in [0.2, 0.25) is 59.1 Å². The first kappa shape index (κ1) is 79.6. The van der Waals surface area contributed by atoms with E-state index in [0.29, 0.717) is 23.3 Å². The summed E-state index contributed by atoms with van der Waals surface area (Å²) < 4.78 is 0. The second kappa shape index (κ2) is 44.1. The molecule has 25 N–H and O–H groups in total. The van der Waals surface area contributed by atoms with E-state index in [2.05, 4.69) is 53.2 Å². The fourth-order valence-corrected chi connectivity index (χ4v) is 9.03. The van der Waals surface area contributed by atoms with Crippen molar-refractivity contribution in [1.29, 1.82) is 0 Å². The van der Waals surface area contributed by atoms with Crippen molar-refractivity contribution in [2.24, 2.45) is 40.3 Å². The summed E-state index contributed by atoms with van der Waals surface area (Å²) in [6.07, 6.45) is -1.47. The molecule has 1 rings (SSSR count). The molecule has 0 aliphatic carbocycles. The Labute approximate surface area is 520 Å². The molecule has 0 saturated heterocycles. The molecule has 32 nitrogen and oxygen atoms in total. The number of primary amides is 1. The van der Waals surface area contributed by atoms with Crippen LogP contribution in [0.3, 0.4) is 0 Å². The van der Waals surface area contributed by atoms with E-state index in [0.717, 1.165) is 19.8 Å². The Morgan fingerprint density at radius 3 is 1.43 bits per heavy atom. The maximum Gasteiger partial charge on any atom is 0.324 e. The molecule has 1 aromatic rings. The van der Waals surface area contributed by atoms with E-state index >= 15 is 0 Å². The summed E-state index contributed by atoms with van der Waals surface area (Å²) >= 11 is 0. The number of amides is 13. The number of benzene rings is 1. The first-order chi connectivity index (χ1) is 42.2. The van der Waals surface area contributed by atoms with Gasteiger partial charge in [0.15, 0.2) is 0 Å². The zero-order valence-electron chi connectivity index (χ0n) is 52.0. The molecule has 0 aliphatic rings. The van der Waals surface area contributed by atoms with Gasteiger partial charge in [0, 0.05) is 32.5 Å². The van der Waals surface area contributed by atoms with E-state index in [9.17, 15) is 72.9 Å². The standard InChI is InChI=1S/C57H101N17O15/c1-6-7-8-12-15-42(65-45(78)21-29-75)56(88)74(28-26-62)57(89)73-47(35(5)77)55(87)70-40(19-25-61)50(82)69-41(20-27-64-46(79)31-34(4)76)52(84)67-39(18-24-60)51(83)72-44(32-36-13-10-9-11-14-36)54(86)71-43(30-33(2)3)53(85)68-38(17-23-59)49(81)66-37(16-22-58)48(63)80/h9-11,13-14,33-35,37-44,47,75-77H,6-8,12,15-32,58-62H2,1-5H3,(H2,63,80)(H,64,79)(H,65,78)(H,66,81)(H,67,84)(H,68,85)(H,69,82)(H,70,87)(H,71,86)(H,72,83)(H,73,89)/t34-,35-,37+,38+,39+,40+,41+,42+,43?,44-,47+/m1/s1. The Kier molecular flexibility index (Phi) is 39.4. The average molecular weight is 1260 g/mol. The third kappa shape index (κ3) is 31.0. The second-order valence-corrected chi connectivity index (χ2v) is 22.0. The zero-order chi connectivity index (χ0) is 67.2. The molecular weight excluding hydrogens is 1160 g/mol. The van der Waals surface area contributed by atoms with Gasteiger partial charge >= 0.3 is 6.03 Å². The molecule has 0 radical (unpaired) electrons. The summed E-state index contributed by atoms with van der Waals surface area (Å²) in [6, 6.07) is -5.73. The lowest BCUT2D eigenvalue weighted by Crippen LogP contribution is -2.62. The lowest BCUT2D eigenvalue weighted by Gasteiger charge is -2.30. The van der Waals surface area contributed by atoms with Crippen LogP contribution < -0.4 is 87.6 Å². The summed E-state index contributed by atoms with van der Waals surface area (Å²) in [5, 5.41) is 55.2. The minimum atomic E-state index is -1.85. The van der Waals surface area contributed by atoms with Crippen molar-refractivity contribution in [3.63, 3.8) is 0 Å². The predicted octanol–water partition coefficient (Wildman–Crippen LogP) is -6.09. The average Bonchev–Trinajstić information content (AvgIpc) is 1.89. The fraction of sp³-hybridized carbons (Fsp3) is 0.684. The number of carbonyl (C=O) groups is 12. The van der Waals surface area contributed by atoms with E-state index in [1.54, 1.807) is 44.2 Å². The minimum Gasteiger partial charge on any atom is -0.396 e. The quantitative estimate of drug-likeness (QED) is 0.0270. The van der Waals surface area contributed by atoms with Gasteiger partial charge in [-0.2, -0.15) is 0 Å². The predicted molar refractivity (Wildman–Crippen MR) is 328 cm³/mol. The molecule has 0 fully saturated rings. The topological polar surface area (TPSA) is 545 Å². The maximum absolute atomic E-state index is 14.4. The lowest BCUT2D eigenvalue weighted by molar-refractivity contribution is -0.136. The first-order valence-electron chi connectivity index (χ1n) is 30.3. The van der Waals surface area contributed by atoms with Crippen LogP contribution in [0.2, 0.25) is 0 Å². The number of imide groups is 1. The number of hydrogen-bond acceptors (Lipinski definition) is 20. The maximum atomic E-state index is 14.4. The summed E-state index contributed by atoms with van der Waals surface area (Å²) in [4.78, 5) is 164. The number of urea groups is 1. The van der Waals surface area contributed by atoms with E-state index in [1.165, 1.54) is 6.92 Å². The van der Waals surface area contributed by atoms with Crippen molar-refractivity contribution < 1.29 is 72.9 Å². The fourth-order valence-electron chi connectivity index (χ4n) is 9.03. The van der Waals surface area contributed by atoms with Gasteiger partial charge in [-0.05, 0) is 96.5 Å². The zero-order valence-corrected chi connectivity index (χ0v) is 52.0. The van der Waals surface area contributed by atoms with Crippen molar-refractivity contribution in [2.75, 3.05) is 52.4 Å². The largest absolute Gasteiger partial charge is 0.396 e. The van der Waals surface area contributed by atoms with Crippen LogP contribution in [0.25, 0.3) is 0 Å². The number of rotatable bonds is 45. The van der Waals surface area contributed by atoms with E-state index < -0.39 is 151 Å². The van der Waals surface area contributed by atoms with Gasteiger partial charge in [-0.3, -0.25) is 57.6 Å². The van der Waals surface area contributed by atoms with Gasteiger partial charge in [0.25, 0.3) is 5.91 Å². The molecule has 0 saturated carbocycles. The SMILES string of the molecule is CCCCCC[C@H](NC(=O)CCO)C(=O)N(CCN)C(=O)N[C@H](C(=O)N[C@@H](CCN)C(=O)N[C@@H](CCNC(=O)C[C@@H](C)O)C(=O)N[C@@H](CCN)C(=O)N[C@H](Cc1ccccc1)C(=O)NC(CC(C)C)C(=O)N[C@@H](CCN)C(=O)N[C@@H](CCN)C(N)=O)[C@@H](C)O. The van der Waals surface area contributed by atoms with Crippen molar-refractivity contribution in [3.8, 4) is 0 Å². The number of nitrogens with two attached hydrogens (primary N) is 6. The molecule has 0 bridgehead atoms. The monoisotopic (exact) mass is 1260 g/mol. The first-order valence-corrected chi connectivity index (χ1v) is 30.3. The van der Waals surface area contributed by atoms with Crippen LogP contribution in [-0.4, -0.2) is 210 Å². The Balaban J connectivity index is 3.66. The van der Waals surface area contributed by atoms with E-state index in [-0.39, 0.29) is 109 Å². The highest BCUT2D eigenvalue weighted by atomic mass is 16.3. The molecule has 11 atom stereocenters. The van der Waals surface area contributed by atoms with Crippen LogP contribution >= 0.6 is 0 Å². The Hall–Kier alpha value is -7.46. The summed E-state index contributed by atoms with van der Waals surface area (Å²) in [5.74, 6) is -9.85. The van der Waals surface area contributed by atoms with Crippen LogP contribution in [0, 0.1) is 5.92 Å². The van der Waals surface area contributed by atoms with Gasteiger partial charge < -0.3 is 103 Å². The smallest absolute Gasteiger partial charge is 0.324 e.